The Morgan fingerprint density at radius 1 is 0.789 bits per heavy atom. The van der Waals surface area contributed by atoms with Gasteiger partial charge in [-0.15, -0.1) is 10.9 Å². The predicted molar refractivity (Wildman–Crippen MR) is 87.6 cm³/mol. The van der Waals surface area contributed by atoms with E-state index in [0.29, 0.717) is 0 Å². The second kappa shape index (κ2) is 5.97. The third-order valence-corrected chi connectivity index (χ3v) is 5.47. The lowest BCUT2D eigenvalue weighted by Crippen LogP contribution is -1.69. The molecule has 0 amide bonds. The van der Waals surface area contributed by atoms with E-state index in [2.05, 4.69) is 72.8 Å². The first-order chi connectivity index (χ1) is 9.42. The van der Waals surface area contributed by atoms with Crippen LogP contribution in [0.3, 0.4) is 0 Å². The number of benzene rings is 2. The molecule has 0 spiro atoms. The second-order valence-corrected chi connectivity index (χ2v) is 6.64. The van der Waals surface area contributed by atoms with Crippen molar-refractivity contribution in [2.75, 3.05) is 0 Å². The quantitative estimate of drug-likeness (QED) is 0.538. The maximum Gasteiger partial charge on any atom is 0.0327 e. The Bertz CT molecular complexity index is 669. The molecule has 0 fully saturated rings. The van der Waals surface area contributed by atoms with Crippen molar-refractivity contribution >= 4 is 30.5 Å². The number of hydrogen-bond acceptors (Lipinski definition) is 1. The molecule has 0 atom stereocenters. The van der Waals surface area contributed by atoms with Gasteiger partial charge in [-0.1, -0.05) is 66.7 Å². The molecule has 0 bridgehead atoms. The Morgan fingerprint density at radius 3 is 2.21 bits per heavy atom. The summed E-state index contributed by atoms with van der Waals surface area (Å²) in [5.74, 6) is 0. The summed E-state index contributed by atoms with van der Waals surface area (Å²) in [6.07, 6.45) is 4.37. The zero-order valence-electron chi connectivity index (χ0n) is 10.4. The van der Waals surface area contributed by atoms with E-state index in [-0.39, 0.29) is 0 Å². The van der Waals surface area contributed by atoms with Crippen molar-refractivity contribution in [1.82, 2.24) is 0 Å². The van der Waals surface area contributed by atoms with E-state index in [1.165, 1.54) is 28.7 Å². The molecule has 1 heterocycles. The lowest BCUT2D eigenvalue weighted by molar-refractivity contribution is 1.67. The maximum absolute atomic E-state index is 2.28. The molecule has 2 heteroatoms. The highest BCUT2D eigenvalue weighted by molar-refractivity contribution is 7.82. The van der Waals surface area contributed by atoms with Crippen LogP contribution in [-0.2, 0) is 0 Å². The third kappa shape index (κ3) is 3.20. The molecular formula is C17H13PS. The minimum Gasteiger partial charge on any atom is -0.112 e. The molecule has 1 aromatic heterocycles. The molecule has 0 radical (unpaired) electrons. The molecule has 0 saturated carbocycles. The van der Waals surface area contributed by atoms with Crippen LogP contribution in [0.25, 0.3) is 23.0 Å². The van der Waals surface area contributed by atoms with Crippen LogP contribution in [0.15, 0.2) is 66.7 Å². The monoisotopic (exact) mass is 280 g/mol. The minimum atomic E-state index is 1.24. The van der Waals surface area contributed by atoms with Crippen LogP contribution >= 0.6 is 18.3 Å². The fraction of sp³-hybridized carbons (Fsp3) is 0. The van der Waals surface area contributed by atoms with Crippen molar-refractivity contribution in [3.63, 3.8) is 0 Å². The second-order valence-electron chi connectivity index (χ2n) is 4.22. The highest BCUT2D eigenvalue weighted by Gasteiger charge is 2.00. The highest BCUT2D eigenvalue weighted by Crippen LogP contribution is 2.36. The Balaban J connectivity index is 1.81. The van der Waals surface area contributed by atoms with Gasteiger partial charge in [0.15, 0.2) is 0 Å². The summed E-state index contributed by atoms with van der Waals surface area (Å²) in [6.45, 7) is 0. The molecule has 3 rings (SSSR count). The van der Waals surface area contributed by atoms with Gasteiger partial charge in [0.25, 0.3) is 0 Å². The van der Waals surface area contributed by atoms with Gasteiger partial charge in [-0.05, 0) is 30.6 Å². The van der Waals surface area contributed by atoms with E-state index >= 15 is 0 Å². The summed E-state index contributed by atoms with van der Waals surface area (Å²) in [5, 5.41) is 1.39. The average molecular weight is 280 g/mol. The lowest BCUT2D eigenvalue weighted by Gasteiger charge is -1.93. The first-order valence-electron chi connectivity index (χ1n) is 6.17. The van der Waals surface area contributed by atoms with Gasteiger partial charge in [0, 0.05) is 10.2 Å². The third-order valence-electron chi connectivity index (χ3n) is 2.84. The van der Waals surface area contributed by atoms with E-state index in [1.54, 1.807) is 0 Å². The standard InChI is InChI=1S/C17H13PS/c1-3-7-14(8-4-1)11-12-16-13-17(18-19-16)15-9-5-2-6-10-15/h1-13H/b12-11+. The normalized spacial score (nSPS) is 11.4. The topological polar surface area (TPSA) is 0 Å². The summed E-state index contributed by atoms with van der Waals surface area (Å²) < 4.78 is 0. The summed E-state index contributed by atoms with van der Waals surface area (Å²) >= 11 is 0. The Labute approximate surface area is 118 Å². The molecule has 3 aromatic rings. The van der Waals surface area contributed by atoms with E-state index in [0.717, 1.165) is 0 Å². The Morgan fingerprint density at radius 2 is 1.47 bits per heavy atom. The largest absolute Gasteiger partial charge is 0.112 e. The van der Waals surface area contributed by atoms with Gasteiger partial charge in [-0.25, -0.2) is 0 Å². The zero-order chi connectivity index (χ0) is 12.9. The lowest BCUT2D eigenvalue weighted by atomic mass is 10.2. The van der Waals surface area contributed by atoms with Gasteiger partial charge in [-0.2, -0.15) is 0 Å². The molecule has 0 nitrogen and oxygen atoms in total. The molecule has 0 aliphatic heterocycles. The molecule has 0 unspecified atom stereocenters. The molecule has 92 valence electrons. The van der Waals surface area contributed by atoms with Crippen molar-refractivity contribution in [3.8, 4) is 10.9 Å². The first kappa shape index (κ1) is 12.3. The van der Waals surface area contributed by atoms with Crippen LogP contribution in [0.2, 0.25) is 0 Å². The highest BCUT2D eigenvalue weighted by atomic mass is 32.5. The van der Waals surface area contributed by atoms with Gasteiger partial charge in [0.1, 0.15) is 0 Å². The van der Waals surface area contributed by atoms with E-state index < -0.39 is 0 Å². The zero-order valence-corrected chi connectivity index (χ0v) is 12.1. The van der Waals surface area contributed by atoms with Crippen LogP contribution < -0.4 is 0 Å². The van der Waals surface area contributed by atoms with Gasteiger partial charge >= 0.3 is 0 Å². The fourth-order valence-corrected chi connectivity index (χ4v) is 4.32. The van der Waals surface area contributed by atoms with Crippen LogP contribution in [0.4, 0.5) is 0 Å². The Kier molecular flexibility index (Phi) is 3.88. The first-order valence-corrected chi connectivity index (χ1v) is 8.49. The fourth-order valence-electron chi connectivity index (χ4n) is 1.86. The number of rotatable bonds is 3. The van der Waals surface area contributed by atoms with Crippen molar-refractivity contribution in [2.24, 2.45) is 0 Å². The van der Waals surface area contributed by atoms with Crippen molar-refractivity contribution in [1.29, 1.82) is 0 Å². The van der Waals surface area contributed by atoms with Crippen molar-refractivity contribution in [3.05, 3.63) is 77.2 Å². The van der Waals surface area contributed by atoms with Crippen LogP contribution in [-0.4, -0.2) is 0 Å². The van der Waals surface area contributed by atoms with E-state index in [4.69, 9.17) is 0 Å². The van der Waals surface area contributed by atoms with Crippen LogP contribution in [0, 0.1) is 0 Å². The van der Waals surface area contributed by atoms with E-state index in [9.17, 15) is 0 Å². The molecule has 0 N–H and O–H groups in total. The molecular weight excluding hydrogens is 267 g/mol. The minimum absolute atomic E-state index is 1.24. The van der Waals surface area contributed by atoms with E-state index in [1.807, 2.05) is 17.0 Å². The molecule has 0 aliphatic rings. The van der Waals surface area contributed by atoms with Gasteiger partial charge < -0.3 is 0 Å². The van der Waals surface area contributed by atoms with Gasteiger partial charge in [-0.3, -0.25) is 0 Å². The summed E-state index contributed by atoms with van der Waals surface area (Å²) in [4.78, 5) is 1.32. The molecule has 0 aliphatic carbocycles. The average Bonchev–Trinajstić information content (AvgIpc) is 2.96. The molecule has 0 saturated heterocycles. The summed E-state index contributed by atoms with van der Waals surface area (Å²) in [7, 11) is 3.20. The maximum atomic E-state index is 2.28. The van der Waals surface area contributed by atoms with Crippen molar-refractivity contribution < 1.29 is 0 Å². The smallest absolute Gasteiger partial charge is 0.0327 e. The molecule has 19 heavy (non-hydrogen) atoms. The summed E-state index contributed by atoms with van der Waals surface area (Å²) in [5.41, 5.74) is 2.56. The van der Waals surface area contributed by atoms with Crippen LogP contribution in [0.5, 0.6) is 0 Å². The SMILES string of the molecule is C(=C\c1cc(-c2ccccc2)ps1)/c1ccccc1. The number of hydrogen-bond donors (Lipinski definition) is 0. The van der Waals surface area contributed by atoms with Crippen LogP contribution in [0.1, 0.15) is 10.4 Å². The van der Waals surface area contributed by atoms with Gasteiger partial charge in [0.05, 0.1) is 0 Å². The Hall–Kier alpha value is -1.69. The molecule has 2 aromatic carbocycles. The predicted octanol–water partition coefficient (Wildman–Crippen LogP) is 6.17. The summed E-state index contributed by atoms with van der Waals surface area (Å²) in [6, 6.07) is 23.3. The van der Waals surface area contributed by atoms with Crippen molar-refractivity contribution in [2.45, 2.75) is 0 Å². The van der Waals surface area contributed by atoms with Gasteiger partial charge in [0.2, 0.25) is 0 Å².